The van der Waals surface area contributed by atoms with Gasteiger partial charge in [-0.3, -0.25) is 4.79 Å². The van der Waals surface area contributed by atoms with Crippen LogP contribution in [0, 0.1) is 5.92 Å². The van der Waals surface area contributed by atoms with Gasteiger partial charge in [0.15, 0.2) is 0 Å². The van der Waals surface area contributed by atoms with Crippen LogP contribution < -0.4 is 5.32 Å². The quantitative estimate of drug-likeness (QED) is 0.808. The fourth-order valence-corrected chi connectivity index (χ4v) is 1.05. The van der Waals surface area contributed by atoms with Crippen molar-refractivity contribution in [2.45, 2.75) is 6.92 Å². The first kappa shape index (κ1) is 10.9. The van der Waals surface area contributed by atoms with Gasteiger partial charge in [-0.1, -0.05) is 18.5 Å². The first-order valence-corrected chi connectivity index (χ1v) is 4.69. The SMILES string of the molecule is C[C@H](CNc1ccc(Cl)cc1)C(=O)O. The Hall–Kier alpha value is -1.22. The van der Waals surface area contributed by atoms with Crippen LogP contribution in [0.15, 0.2) is 24.3 Å². The standard InChI is InChI=1S/C10H12ClNO2/c1-7(10(13)14)6-12-9-4-2-8(11)3-5-9/h2-5,7,12H,6H2,1H3,(H,13,14)/t7-/m1/s1. The number of anilines is 1. The molecule has 0 spiro atoms. The zero-order valence-corrected chi connectivity index (χ0v) is 8.58. The van der Waals surface area contributed by atoms with E-state index in [1.165, 1.54) is 0 Å². The van der Waals surface area contributed by atoms with Gasteiger partial charge in [-0.25, -0.2) is 0 Å². The molecule has 0 aromatic heterocycles. The molecule has 0 unspecified atom stereocenters. The van der Waals surface area contributed by atoms with Crippen molar-refractivity contribution in [2.75, 3.05) is 11.9 Å². The third-order valence-corrected chi connectivity index (χ3v) is 2.13. The molecule has 0 saturated heterocycles. The molecule has 0 radical (unpaired) electrons. The van der Waals surface area contributed by atoms with Gasteiger partial charge in [-0.05, 0) is 24.3 Å². The fourth-order valence-electron chi connectivity index (χ4n) is 0.926. The fraction of sp³-hybridized carbons (Fsp3) is 0.300. The molecule has 0 aliphatic rings. The van der Waals surface area contributed by atoms with Gasteiger partial charge in [0, 0.05) is 17.3 Å². The van der Waals surface area contributed by atoms with Gasteiger partial charge in [0.25, 0.3) is 0 Å². The Kier molecular flexibility index (Phi) is 3.77. The molecule has 0 amide bonds. The highest BCUT2D eigenvalue weighted by Crippen LogP contribution is 2.13. The Bertz CT molecular complexity index is 310. The molecule has 1 atom stereocenters. The van der Waals surface area contributed by atoms with Crippen molar-refractivity contribution in [3.05, 3.63) is 29.3 Å². The molecule has 1 aromatic rings. The molecule has 76 valence electrons. The predicted octanol–water partition coefficient (Wildman–Crippen LogP) is 2.47. The Morgan fingerprint density at radius 3 is 2.57 bits per heavy atom. The van der Waals surface area contributed by atoms with Crippen LogP contribution in [0.25, 0.3) is 0 Å². The minimum absolute atomic E-state index is 0.398. The number of carboxylic acid groups (broad SMARTS) is 1. The van der Waals surface area contributed by atoms with E-state index in [0.717, 1.165) is 5.69 Å². The summed E-state index contributed by atoms with van der Waals surface area (Å²) < 4.78 is 0. The van der Waals surface area contributed by atoms with Gasteiger partial charge in [0.2, 0.25) is 0 Å². The molecule has 0 aliphatic heterocycles. The molecule has 0 heterocycles. The minimum Gasteiger partial charge on any atom is -0.481 e. The summed E-state index contributed by atoms with van der Waals surface area (Å²) >= 11 is 5.70. The van der Waals surface area contributed by atoms with Gasteiger partial charge in [0.05, 0.1) is 5.92 Å². The van der Waals surface area contributed by atoms with Crippen molar-refractivity contribution in [2.24, 2.45) is 5.92 Å². The molecule has 2 N–H and O–H groups in total. The van der Waals surface area contributed by atoms with E-state index in [2.05, 4.69) is 5.32 Å². The summed E-state index contributed by atoms with van der Waals surface area (Å²) in [6.45, 7) is 2.07. The molecule has 1 aromatic carbocycles. The van der Waals surface area contributed by atoms with Crippen LogP contribution in [0.3, 0.4) is 0 Å². The average Bonchev–Trinajstić information content (AvgIpc) is 2.16. The summed E-state index contributed by atoms with van der Waals surface area (Å²) in [4.78, 5) is 10.5. The van der Waals surface area contributed by atoms with Crippen LogP contribution in [-0.4, -0.2) is 17.6 Å². The number of halogens is 1. The minimum atomic E-state index is -0.800. The number of aliphatic carboxylic acids is 1. The Labute approximate surface area is 87.7 Å². The van der Waals surface area contributed by atoms with Crippen LogP contribution in [0.1, 0.15) is 6.92 Å². The molecule has 0 saturated carbocycles. The summed E-state index contributed by atoms with van der Waals surface area (Å²) in [5.74, 6) is -1.20. The second-order valence-electron chi connectivity index (χ2n) is 3.13. The number of rotatable bonds is 4. The molecule has 4 heteroatoms. The zero-order chi connectivity index (χ0) is 10.6. The van der Waals surface area contributed by atoms with Crippen LogP contribution >= 0.6 is 11.6 Å². The van der Waals surface area contributed by atoms with E-state index in [1.807, 2.05) is 12.1 Å². The number of nitrogens with one attached hydrogen (secondary N) is 1. The van der Waals surface area contributed by atoms with E-state index >= 15 is 0 Å². The van der Waals surface area contributed by atoms with Gasteiger partial charge < -0.3 is 10.4 Å². The Morgan fingerprint density at radius 2 is 2.07 bits per heavy atom. The lowest BCUT2D eigenvalue weighted by Crippen LogP contribution is -2.19. The van der Waals surface area contributed by atoms with Crippen molar-refractivity contribution in [3.8, 4) is 0 Å². The van der Waals surface area contributed by atoms with Crippen LogP contribution in [0.5, 0.6) is 0 Å². The predicted molar refractivity (Wildman–Crippen MR) is 56.7 cm³/mol. The van der Waals surface area contributed by atoms with Crippen molar-refractivity contribution < 1.29 is 9.90 Å². The van der Waals surface area contributed by atoms with E-state index < -0.39 is 11.9 Å². The first-order valence-electron chi connectivity index (χ1n) is 4.32. The highest BCUT2D eigenvalue weighted by atomic mass is 35.5. The van der Waals surface area contributed by atoms with E-state index in [9.17, 15) is 4.79 Å². The topological polar surface area (TPSA) is 49.3 Å². The molecule has 0 bridgehead atoms. The first-order chi connectivity index (χ1) is 6.59. The van der Waals surface area contributed by atoms with Gasteiger partial charge in [-0.2, -0.15) is 0 Å². The lowest BCUT2D eigenvalue weighted by molar-refractivity contribution is -0.140. The third kappa shape index (κ3) is 3.26. The lowest BCUT2D eigenvalue weighted by Gasteiger charge is -2.09. The number of hydrogen-bond donors (Lipinski definition) is 2. The van der Waals surface area contributed by atoms with Gasteiger partial charge >= 0.3 is 5.97 Å². The molecular formula is C10H12ClNO2. The molecule has 0 fully saturated rings. The summed E-state index contributed by atoms with van der Waals surface area (Å²) in [6.07, 6.45) is 0. The summed E-state index contributed by atoms with van der Waals surface area (Å²) in [5.41, 5.74) is 0.877. The summed E-state index contributed by atoms with van der Waals surface area (Å²) in [7, 11) is 0. The number of benzene rings is 1. The highest BCUT2D eigenvalue weighted by Gasteiger charge is 2.09. The van der Waals surface area contributed by atoms with Crippen LogP contribution in [0.4, 0.5) is 5.69 Å². The second-order valence-corrected chi connectivity index (χ2v) is 3.56. The zero-order valence-electron chi connectivity index (χ0n) is 7.83. The summed E-state index contributed by atoms with van der Waals surface area (Å²) in [6, 6.07) is 7.15. The second kappa shape index (κ2) is 4.86. The van der Waals surface area contributed by atoms with E-state index in [0.29, 0.717) is 11.6 Å². The van der Waals surface area contributed by atoms with Crippen molar-refractivity contribution in [1.29, 1.82) is 0 Å². The molecule has 1 rings (SSSR count). The number of carbonyl (C=O) groups is 1. The maximum absolute atomic E-state index is 10.5. The maximum atomic E-state index is 10.5. The van der Waals surface area contributed by atoms with Gasteiger partial charge in [-0.15, -0.1) is 0 Å². The lowest BCUT2D eigenvalue weighted by atomic mass is 10.2. The number of carboxylic acids is 1. The van der Waals surface area contributed by atoms with Gasteiger partial charge in [0.1, 0.15) is 0 Å². The van der Waals surface area contributed by atoms with Crippen molar-refractivity contribution in [1.82, 2.24) is 0 Å². The average molecular weight is 214 g/mol. The maximum Gasteiger partial charge on any atom is 0.308 e. The Balaban J connectivity index is 2.46. The van der Waals surface area contributed by atoms with E-state index in [1.54, 1.807) is 19.1 Å². The molecule has 14 heavy (non-hydrogen) atoms. The molecule has 3 nitrogen and oxygen atoms in total. The van der Waals surface area contributed by atoms with E-state index in [4.69, 9.17) is 16.7 Å². The highest BCUT2D eigenvalue weighted by molar-refractivity contribution is 6.30. The smallest absolute Gasteiger partial charge is 0.308 e. The third-order valence-electron chi connectivity index (χ3n) is 1.88. The van der Waals surface area contributed by atoms with Crippen LogP contribution in [-0.2, 0) is 4.79 Å². The summed E-state index contributed by atoms with van der Waals surface area (Å²) in [5, 5.41) is 12.3. The Morgan fingerprint density at radius 1 is 1.50 bits per heavy atom. The van der Waals surface area contributed by atoms with Crippen LogP contribution in [0.2, 0.25) is 5.02 Å². The molecule has 0 aliphatic carbocycles. The van der Waals surface area contributed by atoms with E-state index in [-0.39, 0.29) is 0 Å². The van der Waals surface area contributed by atoms with Crippen molar-refractivity contribution >= 4 is 23.3 Å². The normalized spacial score (nSPS) is 12.1. The number of hydrogen-bond acceptors (Lipinski definition) is 2. The largest absolute Gasteiger partial charge is 0.481 e. The molecular weight excluding hydrogens is 202 g/mol. The van der Waals surface area contributed by atoms with Crippen molar-refractivity contribution in [3.63, 3.8) is 0 Å². The monoisotopic (exact) mass is 213 g/mol.